The number of benzene rings is 1. The number of rotatable bonds is 3. The molecule has 110 valence electrons. The number of carbonyl (C=O) groups is 1. The second-order valence-corrected chi connectivity index (χ2v) is 5.65. The first-order chi connectivity index (χ1) is 9.40. The highest BCUT2D eigenvalue weighted by Crippen LogP contribution is 2.25. The molecule has 1 aromatic carbocycles. The summed E-state index contributed by atoms with van der Waals surface area (Å²) in [7, 11) is 0. The second-order valence-electron chi connectivity index (χ2n) is 5.65. The van der Waals surface area contributed by atoms with Crippen LogP contribution in [0.1, 0.15) is 48.5 Å². The zero-order valence-electron chi connectivity index (χ0n) is 11.7. The first-order valence-corrected chi connectivity index (χ1v) is 6.90. The molecule has 0 bridgehead atoms. The van der Waals surface area contributed by atoms with Crippen LogP contribution < -0.4 is 5.32 Å². The molecule has 0 unspecified atom stereocenters. The van der Waals surface area contributed by atoms with Crippen LogP contribution in [0.3, 0.4) is 0 Å². The molecule has 0 saturated heterocycles. The molecule has 1 aliphatic carbocycles. The smallest absolute Gasteiger partial charge is 0.255 e. The predicted molar refractivity (Wildman–Crippen MR) is 74.7 cm³/mol. The van der Waals surface area contributed by atoms with Crippen LogP contribution in [0.15, 0.2) is 18.2 Å². The van der Waals surface area contributed by atoms with Gasteiger partial charge in [-0.15, -0.1) is 0 Å². The van der Waals surface area contributed by atoms with Crippen molar-refractivity contribution in [2.45, 2.75) is 50.9 Å². The van der Waals surface area contributed by atoms with E-state index in [1.54, 1.807) is 12.1 Å². The Labute approximate surface area is 118 Å². The minimum Gasteiger partial charge on any atom is -0.507 e. The van der Waals surface area contributed by atoms with Crippen LogP contribution in [-0.2, 0) is 0 Å². The Morgan fingerprint density at radius 1 is 1.30 bits per heavy atom. The lowest BCUT2D eigenvalue weighted by molar-refractivity contribution is 0.0296. The summed E-state index contributed by atoms with van der Waals surface area (Å²) in [5, 5.41) is 31.7. The summed E-state index contributed by atoms with van der Waals surface area (Å²) in [6, 6.07) is 4.47. The molecular formula is C15H21NO4. The van der Waals surface area contributed by atoms with Crippen LogP contribution in [0.4, 0.5) is 0 Å². The number of nitrogens with one attached hydrogen (secondary N) is 1. The number of hydrogen-bond donors (Lipinski definition) is 4. The molecule has 1 aromatic rings. The number of aromatic hydroxyl groups is 1. The maximum Gasteiger partial charge on any atom is 0.255 e. The van der Waals surface area contributed by atoms with Crippen molar-refractivity contribution in [3.63, 3.8) is 0 Å². The van der Waals surface area contributed by atoms with E-state index in [2.05, 4.69) is 5.32 Å². The van der Waals surface area contributed by atoms with Crippen molar-refractivity contribution in [1.29, 1.82) is 0 Å². The summed E-state index contributed by atoms with van der Waals surface area (Å²) in [6.07, 6.45) is -0.756. The SMILES string of the molecule is CC(C)c1ccc(O)c(C(=O)N[C@@H]2CC[C@@H](O)[C@@H]2O)c1. The molecule has 5 nitrogen and oxygen atoms in total. The van der Waals surface area contributed by atoms with E-state index in [0.29, 0.717) is 12.8 Å². The quantitative estimate of drug-likeness (QED) is 0.667. The van der Waals surface area contributed by atoms with Gasteiger partial charge in [-0.05, 0) is 36.5 Å². The normalized spacial score (nSPS) is 25.9. The summed E-state index contributed by atoms with van der Waals surface area (Å²) in [6.45, 7) is 4.01. The molecule has 20 heavy (non-hydrogen) atoms. The van der Waals surface area contributed by atoms with E-state index in [1.165, 1.54) is 6.07 Å². The van der Waals surface area contributed by atoms with Gasteiger partial charge in [0.05, 0.1) is 17.7 Å². The predicted octanol–water partition coefficient (Wildman–Crippen LogP) is 1.13. The van der Waals surface area contributed by atoms with Crippen molar-refractivity contribution in [3.8, 4) is 5.75 Å². The zero-order valence-corrected chi connectivity index (χ0v) is 11.7. The van der Waals surface area contributed by atoms with Crippen LogP contribution in [-0.4, -0.2) is 39.5 Å². The van der Waals surface area contributed by atoms with Gasteiger partial charge in [-0.3, -0.25) is 4.79 Å². The first kappa shape index (κ1) is 14.8. The third kappa shape index (κ3) is 2.94. The number of phenols is 1. The van der Waals surface area contributed by atoms with Gasteiger partial charge in [0.25, 0.3) is 5.91 Å². The molecule has 0 aromatic heterocycles. The number of aliphatic hydroxyl groups excluding tert-OH is 2. The fraction of sp³-hybridized carbons (Fsp3) is 0.533. The largest absolute Gasteiger partial charge is 0.507 e. The molecule has 1 aliphatic rings. The van der Waals surface area contributed by atoms with E-state index in [-0.39, 0.29) is 17.2 Å². The molecule has 0 heterocycles. The lowest BCUT2D eigenvalue weighted by Gasteiger charge is -2.18. The summed E-state index contributed by atoms with van der Waals surface area (Å²) in [5.74, 6) is -0.260. The standard InChI is InChI=1S/C15H21NO4/c1-8(2)9-3-5-12(17)10(7-9)15(20)16-11-4-6-13(18)14(11)19/h3,5,7-8,11,13-14,17-19H,4,6H2,1-2H3,(H,16,20)/t11-,13-,14-/m1/s1. The Morgan fingerprint density at radius 2 is 2.00 bits per heavy atom. The molecule has 5 heteroatoms. The number of phenolic OH excluding ortho intramolecular Hbond substituents is 1. The number of aliphatic hydroxyl groups is 2. The topological polar surface area (TPSA) is 89.8 Å². The van der Waals surface area contributed by atoms with Crippen LogP contribution in [0.25, 0.3) is 0 Å². The van der Waals surface area contributed by atoms with E-state index in [1.807, 2.05) is 13.8 Å². The Hall–Kier alpha value is -1.59. The van der Waals surface area contributed by atoms with Gasteiger partial charge < -0.3 is 20.6 Å². The monoisotopic (exact) mass is 279 g/mol. The molecule has 1 amide bonds. The summed E-state index contributed by atoms with van der Waals surface area (Å²) < 4.78 is 0. The third-order valence-corrected chi connectivity index (χ3v) is 3.83. The van der Waals surface area contributed by atoms with Crippen LogP contribution in [0.2, 0.25) is 0 Å². The molecule has 0 aliphatic heterocycles. The summed E-state index contributed by atoms with van der Waals surface area (Å²) >= 11 is 0. The number of hydrogen-bond acceptors (Lipinski definition) is 4. The van der Waals surface area contributed by atoms with Crippen LogP contribution in [0.5, 0.6) is 5.75 Å². The molecule has 3 atom stereocenters. The van der Waals surface area contributed by atoms with Gasteiger partial charge >= 0.3 is 0 Å². The highest BCUT2D eigenvalue weighted by molar-refractivity contribution is 5.97. The van der Waals surface area contributed by atoms with Gasteiger partial charge in [-0.1, -0.05) is 19.9 Å². The van der Waals surface area contributed by atoms with Crippen molar-refractivity contribution >= 4 is 5.91 Å². The van der Waals surface area contributed by atoms with E-state index >= 15 is 0 Å². The molecule has 0 radical (unpaired) electrons. The molecule has 1 fully saturated rings. The lowest BCUT2D eigenvalue weighted by Crippen LogP contribution is -2.42. The maximum absolute atomic E-state index is 12.2. The fourth-order valence-corrected chi connectivity index (χ4v) is 2.46. The Balaban J connectivity index is 2.15. The van der Waals surface area contributed by atoms with Gasteiger partial charge in [-0.2, -0.15) is 0 Å². The highest BCUT2D eigenvalue weighted by Gasteiger charge is 2.34. The van der Waals surface area contributed by atoms with Crippen molar-refractivity contribution < 1.29 is 20.1 Å². The van der Waals surface area contributed by atoms with Crippen molar-refractivity contribution in [2.24, 2.45) is 0 Å². The van der Waals surface area contributed by atoms with Gasteiger partial charge in [0.2, 0.25) is 0 Å². The van der Waals surface area contributed by atoms with Gasteiger partial charge in [0, 0.05) is 0 Å². The molecule has 2 rings (SSSR count). The fourth-order valence-electron chi connectivity index (χ4n) is 2.46. The molecule has 4 N–H and O–H groups in total. The van der Waals surface area contributed by atoms with E-state index in [4.69, 9.17) is 0 Å². The van der Waals surface area contributed by atoms with Gasteiger partial charge in [-0.25, -0.2) is 0 Å². The average molecular weight is 279 g/mol. The number of carbonyl (C=O) groups excluding carboxylic acids is 1. The first-order valence-electron chi connectivity index (χ1n) is 6.90. The van der Waals surface area contributed by atoms with E-state index in [0.717, 1.165) is 5.56 Å². The van der Waals surface area contributed by atoms with Crippen molar-refractivity contribution in [3.05, 3.63) is 29.3 Å². The van der Waals surface area contributed by atoms with Crippen LogP contribution in [0, 0.1) is 0 Å². The Kier molecular flexibility index (Phi) is 4.30. The average Bonchev–Trinajstić information content (AvgIpc) is 2.71. The Bertz CT molecular complexity index is 501. The van der Waals surface area contributed by atoms with E-state index in [9.17, 15) is 20.1 Å². The lowest BCUT2D eigenvalue weighted by atomic mass is 9.99. The van der Waals surface area contributed by atoms with Crippen LogP contribution >= 0.6 is 0 Å². The molecular weight excluding hydrogens is 258 g/mol. The van der Waals surface area contributed by atoms with Gasteiger partial charge in [0.1, 0.15) is 11.9 Å². The molecule has 1 saturated carbocycles. The van der Waals surface area contributed by atoms with Crippen molar-refractivity contribution in [1.82, 2.24) is 5.32 Å². The highest BCUT2D eigenvalue weighted by atomic mass is 16.3. The zero-order chi connectivity index (χ0) is 14.9. The minimum atomic E-state index is -0.950. The second kappa shape index (κ2) is 5.81. The van der Waals surface area contributed by atoms with E-state index < -0.39 is 24.2 Å². The maximum atomic E-state index is 12.2. The summed E-state index contributed by atoms with van der Waals surface area (Å²) in [5.41, 5.74) is 1.16. The van der Waals surface area contributed by atoms with Crippen molar-refractivity contribution in [2.75, 3.05) is 0 Å². The molecule has 0 spiro atoms. The number of amides is 1. The third-order valence-electron chi connectivity index (χ3n) is 3.83. The summed E-state index contributed by atoms with van der Waals surface area (Å²) in [4.78, 5) is 12.2. The van der Waals surface area contributed by atoms with Gasteiger partial charge in [0.15, 0.2) is 0 Å². The Morgan fingerprint density at radius 3 is 2.55 bits per heavy atom. The minimum absolute atomic E-state index is 0.0834.